The molecule has 2 aromatic heterocycles. The summed E-state index contributed by atoms with van der Waals surface area (Å²) in [7, 11) is 0. The maximum Gasteiger partial charge on any atom is 0.124 e. The molecular formula is C15H10ClFN2S. The molecule has 1 aromatic carbocycles. The van der Waals surface area contributed by atoms with Gasteiger partial charge in [-0.25, -0.2) is 9.37 Å². The highest BCUT2D eigenvalue weighted by Crippen LogP contribution is 2.26. The molecule has 0 N–H and O–H groups in total. The van der Waals surface area contributed by atoms with Gasteiger partial charge in [-0.05, 0) is 35.9 Å². The summed E-state index contributed by atoms with van der Waals surface area (Å²) >= 11 is 7.33. The molecule has 0 saturated carbocycles. The smallest absolute Gasteiger partial charge is 0.124 e. The molecule has 0 amide bonds. The summed E-state index contributed by atoms with van der Waals surface area (Å²) in [6, 6.07) is 10.3. The van der Waals surface area contributed by atoms with Crippen LogP contribution in [-0.4, -0.2) is 9.97 Å². The maximum absolute atomic E-state index is 13.6. The lowest BCUT2D eigenvalue weighted by atomic mass is 10.1. The number of hydrogen-bond donors (Lipinski definition) is 0. The first kappa shape index (κ1) is 13.3. The molecule has 0 radical (unpaired) electrons. The van der Waals surface area contributed by atoms with Gasteiger partial charge in [0, 0.05) is 23.5 Å². The van der Waals surface area contributed by atoms with Crippen LogP contribution in [0.3, 0.4) is 0 Å². The first-order valence-corrected chi connectivity index (χ1v) is 7.36. The van der Waals surface area contributed by atoms with Gasteiger partial charge in [-0.15, -0.1) is 11.8 Å². The van der Waals surface area contributed by atoms with Crippen LogP contribution in [0.2, 0.25) is 5.02 Å². The minimum absolute atomic E-state index is 0.245. The summed E-state index contributed by atoms with van der Waals surface area (Å²) in [5.74, 6) is 0.366. The Balaban J connectivity index is 1.88. The third-order valence-electron chi connectivity index (χ3n) is 2.82. The number of aromatic nitrogens is 2. The van der Waals surface area contributed by atoms with Gasteiger partial charge in [0.05, 0.1) is 15.6 Å². The molecule has 2 heterocycles. The van der Waals surface area contributed by atoms with Crippen molar-refractivity contribution >= 4 is 34.3 Å². The molecule has 2 nitrogen and oxygen atoms in total. The van der Waals surface area contributed by atoms with Crippen molar-refractivity contribution in [3.8, 4) is 0 Å². The molecule has 20 heavy (non-hydrogen) atoms. The maximum atomic E-state index is 13.6. The van der Waals surface area contributed by atoms with E-state index in [2.05, 4.69) is 9.97 Å². The molecule has 5 heteroatoms. The topological polar surface area (TPSA) is 25.8 Å². The minimum atomic E-state index is -0.245. The summed E-state index contributed by atoms with van der Waals surface area (Å²) < 4.78 is 13.6. The van der Waals surface area contributed by atoms with E-state index in [9.17, 15) is 4.39 Å². The lowest BCUT2D eigenvalue weighted by Crippen LogP contribution is -1.90. The Labute approximate surface area is 125 Å². The molecule has 0 atom stereocenters. The second-order valence-electron chi connectivity index (χ2n) is 4.24. The Morgan fingerprint density at radius 2 is 2.05 bits per heavy atom. The second kappa shape index (κ2) is 5.77. The van der Waals surface area contributed by atoms with Crippen molar-refractivity contribution in [3.63, 3.8) is 0 Å². The standard InChI is InChI=1S/C15H10ClFN2S/c16-12-3-4-14(19-8-12)20-9-11-7-13(17)6-10-2-1-5-18-15(10)11/h1-8H,9H2. The lowest BCUT2D eigenvalue weighted by Gasteiger charge is -2.06. The normalized spacial score (nSPS) is 10.9. The molecule has 0 aliphatic heterocycles. The van der Waals surface area contributed by atoms with Crippen molar-refractivity contribution in [3.05, 3.63) is 65.2 Å². The lowest BCUT2D eigenvalue weighted by molar-refractivity contribution is 0.628. The quantitative estimate of drug-likeness (QED) is 0.655. The van der Waals surface area contributed by atoms with E-state index >= 15 is 0 Å². The zero-order chi connectivity index (χ0) is 13.9. The van der Waals surface area contributed by atoms with Crippen LogP contribution in [0.15, 0.2) is 53.8 Å². The Bertz CT molecular complexity index is 746. The Hall–Kier alpha value is -1.65. The number of pyridine rings is 2. The van der Waals surface area contributed by atoms with Crippen LogP contribution in [0.5, 0.6) is 0 Å². The number of hydrogen-bond acceptors (Lipinski definition) is 3. The summed E-state index contributed by atoms with van der Waals surface area (Å²) in [5.41, 5.74) is 1.69. The monoisotopic (exact) mass is 304 g/mol. The number of fused-ring (bicyclic) bond motifs is 1. The molecule has 0 spiro atoms. The molecule has 0 bridgehead atoms. The Kier molecular flexibility index (Phi) is 3.85. The first-order valence-electron chi connectivity index (χ1n) is 6.00. The predicted octanol–water partition coefficient (Wildman–Crippen LogP) is 4.71. The van der Waals surface area contributed by atoms with Gasteiger partial charge in [0.1, 0.15) is 5.82 Å². The largest absolute Gasteiger partial charge is 0.256 e. The molecule has 3 aromatic rings. The molecular weight excluding hydrogens is 295 g/mol. The molecule has 0 saturated heterocycles. The van der Waals surface area contributed by atoms with E-state index in [1.807, 2.05) is 12.1 Å². The van der Waals surface area contributed by atoms with Crippen molar-refractivity contribution in [2.75, 3.05) is 0 Å². The van der Waals surface area contributed by atoms with Crippen LogP contribution in [0.4, 0.5) is 4.39 Å². The number of nitrogens with zero attached hydrogens (tertiary/aromatic N) is 2. The summed E-state index contributed by atoms with van der Waals surface area (Å²) in [5, 5.41) is 2.27. The van der Waals surface area contributed by atoms with Gasteiger partial charge in [0.15, 0.2) is 0 Å². The fourth-order valence-electron chi connectivity index (χ4n) is 1.94. The van der Waals surface area contributed by atoms with Crippen molar-refractivity contribution in [2.45, 2.75) is 10.8 Å². The molecule has 0 fully saturated rings. The highest BCUT2D eigenvalue weighted by Gasteiger charge is 2.06. The predicted molar refractivity (Wildman–Crippen MR) is 80.5 cm³/mol. The number of rotatable bonds is 3. The second-order valence-corrected chi connectivity index (χ2v) is 5.68. The van der Waals surface area contributed by atoms with Gasteiger partial charge < -0.3 is 0 Å². The average Bonchev–Trinajstić information content (AvgIpc) is 2.46. The third-order valence-corrected chi connectivity index (χ3v) is 4.04. The van der Waals surface area contributed by atoms with Crippen LogP contribution >= 0.6 is 23.4 Å². The van der Waals surface area contributed by atoms with Crippen LogP contribution in [0.25, 0.3) is 10.9 Å². The van der Waals surface area contributed by atoms with Crippen molar-refractivity contribution in [2.24, 2.45) is 0 Å². The molecule has 0 aliphatic carbocycles. The first-order chi connectivity index (χ1) is 9.72. The number of halogens is 2. The zero-order valence-electron chi connectivity index (χ0n) is 10.4. The van der Waals surface area contributed by atoms with E-state index in [0.29, 0.717) is 10.8 Å². The van der Waals surface area contributed by atoms with Crippen molar-refractivity contribution < 1.29 is 4.39 Å². The van der Waals surface area contributed by atoms with E-state index in [1.165, 1.54) is 23.9 Å². The zero-order valence-corrected chi connectivity index (χ0v) is 12.0. The van der Waals surface area contributed by atoms with Crippen molar-refractivity contribution in [1.82, 2.24) is 9.97 Å². The summed E-state index contributed by atoms with van der Waals surface area (Å²) in [6.07, 6.45) is 3.32. The molecule has 0 unspecified atom stereocenters. The van der Waals surface area contributed by atoms with Gasteiger partial charge in [-0.2, -0.15) is 0 Å². The van der Waals surface area contributed by atoms with Crippen molar-refractivity contribution in [1.29, 1.82) is 0 Å². The summed E-state index contributed by atoms with van der Waals surface area (Å²) in [4.78, 5) is 8.54. The van der Waals surface area contributed by atoms with E-state index in [-0.39, 0.29) is 5.82 Å². The SMILES string of the molecule is Fc1cc(CSc2ccc(Cl)cn2)c2ncccc2c1. The fourth-order valence-corrected chi connectivity index (χ4v) is 2.86. The Morgan fingerprint density at radius 3 is 2.85 bits per heavy atom. The van der Waals surface area contributed by atoms with E-state index in [0.717, 1.165) is 21.5 Å². The van der Waals surface area contributed by atoms with Gasteiger partial charge in [-0.3, -0.25) is 4.98 Å². The molecule has 100 valence electrons. The van der Waals surface area contributed by atoms with Crippen LogP contribution in [0, 0.1) is 5.82 Å². The van der Waals surface area contributed by atoms with Gasteiger partial charge in [0.2, 0.25) is 0 Å². The van der Waals surface area contributed by atoms with Crippen LogP contribution < -0.4 is 0 Å². The fraction of sp³-hybridized carbons (Fsp3) is 0.0667. The van der Waals surface area contributed by atoms with E-state index in [4.69, 9.17) is 11.6 Å². The van der Waals surface area contributed by atoms with Gasteiger partial charge in [0.25, 0.3) is 0 Å². The molecule has 0 aliphatic rings. The number of benzene rings is 1. The third kappa shape index (κ3) is 2.92. The minimum Gasteiger partial charge on any atom is -0.256 e. The van der Waals surface area contributed by atoms with E-state index < -0.39 is 0 Å². The highest BCUT2D eigenvalue weighted by molar-refractivity contribution is 7.98. The van der Waals surface area contributed by atoms with Crippen LogP contribution in [0.1, 0.15) is 5.56 Å². The molecule has 3 rings (SSSR count). The van der Waals surface area contributed by atoms with Crippen LogP contribution in [-0.2, 0) is 5.75 Å². The highest BCUT2D eigenvalue weighted by atomic mass is 35.5. The summed E-state index contributed by atoms with van der Waals surface area (Å²) in [6.45, 7) is 0. The number of thioether (sulfide) groups is 1. The van der Waals surface area contributed by atoms with E-state index in [1.54, 1.807) is 24.5 Å². The van der Waals surface area contributed by atoms with Gasteiger partial charge in [-0.1, -0.05) is 17.7 Å². The Morgan fingerprint density at radius 1 is 1.15 bits per heavy atom. The average molecular weight is 305 g/mol. The van der Waals surface area contributed by atoms with Gasteiger partial charge >= 0.3 is 0 Å².